The van der Waals surface area contributed by atoms with Gasteiger partial charge in [0, 0.05) is 18.0 Å². The normalized spacial score (nSPS) is 14.7. The van der Waals surface area contributed by atoms with Crippen molar-refractivity contribution < 1.29 is 14.3 Å². The first-order valence-corrected chi connectivity index (χ1v) is 9.46. The van der Waals surface area contributed by atoms with Gasteiger partial charge in [0.1, 0.15) is 11.6 Å². The second-order valence-electron chi connectivity index (χ2n) is 6.89. The highest BCUT2D eigenvalue weighted by molar-refractivity contribution is 6.30. The molecule has 1 amide bonds. The highest BCUT2D eigenvalue weighted by Gasteiger charge is 2.25. The number of hydrogen-bond donors (Lipinski definition) is 3. The fraction of sp³-hybridized carbons (Fsp3) is 0.238. The standard InChI is InChI=1S/C21H19ClFN3O2/c22-16-8-5-12(9-17(16)23)19(27)11-24-20-10-15(21(28)25-13-6-7-13)14-3-1-2-4-18(14)26-20/h1-5,8-10,13,19,27H,6-7,11H2,(H,24,26)(H,25,28). The molecule has 28 heavy (non-hydrogen) atoms. The Hall–Kier alpha value is -2.70. The van der Waals surface area contributed by atoms with Gasteiger partial charge in [-0.3, -0.25) is 4.79 Å². The Labute approximate surface area is 166 Å². The van der Waals surface area contributed by atoms with E-state index in [1.165, 1.54) is 12.1 Å². The number of fused-ring (bicyclic) bond motifs is 1. The molecule has 0 bridgehead atoms. The minimum atomic E-state index is -0.955. The number of nitrogens with one attached hydrogen (secondary N) is 2. The van der Waals surface area contributed by atoms with E-state index in [2.05, 4.69) is 15.6 Å². The van der Waals surface area contributed by atoms with E-state index in [1.54, 1.807) is 12.1 Å². The van der Waals surface area contributed by atoms with Crippen LogP contribution in [0, 0.1) is 5.82 Å². The highest BCUT2D eigenvalue weighted by atomic mass is 35.5. The second-order valence-corrected chi connectivity index (χ2v) is 7.30. The number of anilines is 1. The molecule has 1 fully saturated rings. The third kappa shape index (κ3) is 4.08. The minimum absolute atomic E-state index is 0.00595. The number of amides is 1. The summed E-state index contributed by atoms with van der Waals surface area (Å²) in [5.41, 5.74) is 1.62. The number of hydrogen-bond acceptors (Lipinski definition) is 4. The number of aliphatic hydroxyl groups is 1. The van der Waals surface area contributed by atoms with Crippen molar-refractivity contribution in [2.45, 2.75) is 25.0 Å². The van der Waals surface area contributed by atoms with Gasteiger partial charge in [-0.05, 0) is 42.7 Å². The molecule has 1 atom stereocenters. The van der Waals surface area contributed by atoms with Gasteiger partial charge in [-0.2, -0.15) is 0 Å². The van der Waals surface area contributed by atoms with Crippen LogP contribution in [0.3, 0.4) is 0 Å². The summed E-state index contributed by atoms with van der Waals surface area (Å²) >= 11 is 5.68. The molecule has 2 aromatic carbocycles. The molecule has 5 nitrogen and oxygen atoms in total. The van der Waals surface area contributed by atoms with Crippen LogP contribution in [0.2, 0.25) is 5.02 Å². The van der Waals surface area contributed by atoms with E-state index < -0.39 is 11.9 Å². The van der Waals surface area contributed by atoms with Crippen molar-refractivity contribution >= 4 is 34.2 Å². The van der Waals surface area contributed by atoms with Gasteiger partial charge in [0.2, 0.25) is 0 Å². The van der Waals surface area contributed by atoms with E-state index in [9.17, 15) is 14.3 Å². The summed E-state index contributed by atoms with van der Waals surface area (Å²) in [6.45, 7) is 0.107. The number of carbonyl (C=O) groups is 1. The van der Waals surface area contributed by atoms with Crippen LogP contribution in [0.4, 0.5) is 10.2 Å². The van der Waals surface area contributed by atoms with Crippen molar-refractivity contribution in [1.29, 1.82) is 0 Å². The van der Waals surface area contributed by atoms with Crippen LogP contribution in [0.15, 0.2) is 48.5 Å². The van der Waals surface area contributed by atoms with Crippen LogP contribution in [-0.2, 0) is 0 Å². The Kier molecular flexibility index (Phi) is 5.15. The lowest BCUT2D eigenvalue weighted by atomic mass is 10.1. The summed E-state index contributed by atoms with van der Waals surface area (Å²) in [7, 11) is 0. The number of halogens is 2. The van der Waals surface area contributed by atoms with Crippen molar-refractivity contribution in [2.75, 3.05) is 11.9 Å². The molecule has 0 radical (unpaired) electrons. The summed E-state index contributed by atoms with van der Waals surface area (Å²) in [4.78, 5) is 17.1. The maximum absolute atomic E-state index is 13.6. The van der Waals surface area contributed by atoms with Crippen molar-refractivity contribution in [3.63, 3.8) is 0 Å². The zero-order valence-corrected chi connectivity index (χ0v) is 15.7. The van der Waals surface area contributed by atoms with Gasteiger partial charge in [0.15, 0.2) is 0 Å². The van der Waals surface area contributed by atoms with Gasteiger partial charge in [0.25, 0.3) is 5.91 Å². The fourth-order valence-electron chi connectivity index (χ4n) is 2.98. The Morgan fingerprint density at radius 3 is 2.79 bits per heavy atom. The van der Waals surface area contributed by atoms with Gasteiger partial charge in [0.05, 0.1) is 22.2 Å². The van der Waals surface area contributed by atoms with E-state index in [0.29, 0.717) is 22.5 Å². The molecule has 7 heteroatoms. The van der Waals surface area contributed by atoms with Crippen molar-refractivity contribution in [3.8, 4) is 0 Å². The summed E-state index contributed by atoms with van der Waals surface area (Å²) < 4.78 is 13.6. The van der Waals surface area contributed by atoms with E-state index in [0.717, 1.165) is 18.2 Å². The number of para-hydroxylation sites is 1. The first-order chi connectivity index (χ1) is 13.5. The summed E-state index contributed by atoms with van der Waals surface area (Å²) in [5.74, 6) is -0.251. The number of aliphatic hydroxyl groups excluding tert-OH is 1. The first kappa shape index (κ1) is 18.7. The minimum Gasteiger partial charge on any atom is -0.387 e. The maximum atomic E-state index is 13.6. The average Bonchev–Trinajstić information content (AvgIpc) is 3.51. The number of aromatic nitrogens is 1. The molecular weight excluding hydrogens is 381 g/mol. The number of pyridine rings is 1. The molecule has 1 unspecified atom stereocenters. The molecule has 1 aliphatic rings. The lowest BCUT2D eigenvalue weighted by molar-refractivity contribution is 0.0952. The van der Waals surface area contributed by atoms with Gasteiger partial charge in [-0.1, -0.05) is 35.9 Å². The molecule has 4 rings (SSSR count). The van der Waals surface area contributed by atoms with E-state index in [-0.39, 0.29) is 23.5 Å². The number of nitrogens with zero attached hydrogens (tertiary/aromatic N) is 1. The molecule has 0 aliphatic heterocycles. The second kappa shape index (κ2) is 7.73. The van der Waals surface area contributed by atoms with Crippen molar-refractivity contribution in [3.05, 3.63) is 70.5 Å². The monoisotopic (exact) mass is 399 g/mol. The van der Waals surface area contributed by atoms with Gasteiger partial charge >= 0.3 is 0 Å². The van der Waals surface area contributed by atoms with E-state index in [4.69, 9.17) is 11.6 Å². The van der Waals surface area contributed by atoms with Crippen LogP contribution in [0.25, 0.3) is 10.9 Å². The van der Waals surface area contributed by atoms with Crippen LogP contribution in [-0.4, -0.2) is 28.6 Å². The van der Waals surface area contributed by atoms with Crippen LogP contribution in [0.1, 0.15) is 34.9 Å². The lowest BCUT2D eigenvalue weighted by Gasteiger charge is -2.15. The fourth-order valence-corrected chi connectivity index (χ4v) is 3.10. The zero-order chi connectivity index (χ0) is 19.7. The molecule has 1 aromatic heterocycles. The molecule has 0 spiro atoms. The molecule has 3 aromatic rings. The summed E-state index contributed by atoms with van der Waals surface area (Å²) in [6.07, 6.45) is 1.05. The Morgan fingerprint density at radius 1 is 1.25 bits per heavy atom. The molecule has 0 saturated heterocycles. The predicted molar refractivity (Wildman–Crippen MR) is 107 cm³/mol. The molecular formula is C21H19ClFN3O2. The molecule has 144 valence electrons. The third-order valence-corrected chi connectivity index (χ3v) is 4.98. The molecule has 1 aliphatic carbocycles. The smallest absolute Gasteiger partial charge is 0.252 e. The van der Waals surface area contributed by atoms with Gasteiger partial charge in [-0.25, -0.2) is 9.37 Å². The summed E-state index contributed by atoms with van der Waals surface area (Å²) in [5, 5.41) is 17.1. The quantitative estimate of drug-likeness (QED) is 0.584. The first-order valence-electron chi connectivity index (χ1n) is 9.09. The largest absolute Gasteiger partial charge is 0.387 e. The Morgan fingerprint density at radius 2 is 2.04 bits per heavy atom. The van der Waals surface area contributed by atoms with E-state index in [1.807, 2.05) is 24.3 Å². The molecule has 3 N–H and O–H groups in total. The van der Waals surface area contributed by atoms with Crippen molar-refractivity contribution in [2.24, 2.45) is 0 Å². The van der Waals surface area contributed by atoms with Gasteiger partial charge in [-0.15, -0.1) is 0 Å². The van der Waals surface area contributed by atoms with Crippen LogP contribution in [0.5, 0.6) is 0 Å². The number of carbonyl (C=O) groups excluding carboxylic acids is 1. The number of rotatable bonds is 6. The maximum Gasteiger partial charge on any atom is 0.252 e. The average molecular weight is 400 g/mol. The third-order valence-electron chi connectivity index (χ3n) is 4.68. The van der Waals surface area contributed by atoms with Crippen LogP contribution >= 0.6 is 11.6 Å². The van der Waals surface area contributed by atoms with E-state index >= 15 is 0 Å². The SMILES string of the molecule is O=C(NC1CC1)c1cc(NCC(O)c2ccc(Cl)c(F)c2)nc2ccccc12. The zero-order valence-electron chi connectivity index (χ0n) is 15.0. The molecule has 1 saturated carbocycles. The van der Waals surface area contributed by atoms with Crippen molar-refractivity contribution in [1.82, 2.24) is 10.3 Å². The highest BCUT2D eigenvalue weighted by Crippen LogP contribution is 2.25. The topological polar surface area (TPSA) is 74.2 Å². The number of benzene rings is 2. The molecule has 1 heterocycles. The lowest BCUT2D eigenvalue weighted by Crippen LogP contribution is -2.26. The van der Waals surface area contributed by atoms with Gasteiger partial charge < -0.3 is 15.7 Å². The van der Waals surface area contributed by atoms with Crippen LogP contribution < -0.4 is 10.6 Å². The predicted octanol–water partition coefficient (Wildman–Crippen LogP) is 4.07. The Balaban J connectivity index is 1.56. The Bertz CT molecular complexity index is 1040. The summed E-state index contributed by atoms with van der Waals surface area (Å²) in [6, 6.07) is 13.5.